The molecule has 0 aromatic carbocycles. The summed E-state index contributed by atoms with van der Waals surface area (Å²) in [4.78, 5) is 0. The predicted octanol–water partition coefficient (Wildman–Crippen LogP) is 0.927. The highest BCUT2D eigenvalue weighted by Crippen LogP contribution is 2.03. The Labute approximate surface area is 63.5 Å². The van der Waals surface area contributed by atoms with Crippen LogP contribution in [0.5, 0.6) is 0 Å². The molecule has 0 atom stereocenters. The maximum atomic E-state index is 5.19. The van der Waals surface area contributed by atoms with Crippen molar-refractivity contribution in [3.63, 3.8) is 0 Å². The molecule has 0 aliphatic rings. The highest BCUT2D eigenvalue weighted by molar-refractivity contribution is 6.65. The Balaban J connectivity index is 3.58. The molecule has 0 aromatic rings. The third-order valence-corrected chi connectivity index (χ3v) is 3.89. The standard InChI is InChI=1S/C6H16O3Si/c1-5-9-6-10(4,7-2)8-3/h5-6H2,1-4H3. The molecule has 3 nitrogen and oxygen atoms in total. The molecule has 0 aliphatic carbocycles. The van der Waals surface area contributed by atoms with Crippen LogP contribution in [0, 0.1) is 0 Å². The molecule has 0 radical (unpaired) electrons. The zero-order valence-electron chi connectivity index (χ0n) is 7.14. The Morgan fingerprint density at radius 3 is 2.00 bits per heavy atom. The van der Waals surface area contributed by atoms with Crippen molar-refractivity contribution in [2.75, 3.05) is 27.1 Å². The SMILES string of the molecule is CCOC[Si](C)(OC)OC. The zero-order valence-corrected chi connectivity index (χ0v) is 8.14. The minimum Gasteiger partial charge on any atom is -0.396 e. The fourth-order valence-electron chi connectivity index (χ4n) is 0.489. The number of hydrogen-bond donors (Lipinski definition) is 0. The van der Waals surface area contributed by atoms with Crippen LogP contribution in [0.3, 0.4) is 0 Å². The molecule has 62 valence electrons. The molecule has 0 bridgehead atoms. The van der Waals surface area contributed by atoms with E-state index in [0.29, 0.717) is 6.23 Å². The van der Waals surface area contributed by atoms with Gasteiger partial charge in [-0.15, -0.1) is 0 Å². The van der Waals surface area contributed by atoms with Gasteiger partial charge in [0.25, 0.3) is 0 Å². The number of hydrogen-bond acceptors (Lipinski definition) is 3. The molecule has 0 aromatic heterocycles. The molecule has 0 aliphatic heterocycles. The van der Waals surface area contributed by atoms with Gasteiger partial charge in [0.15, 0.2) is 0 Å². The molecule has 4 heteroatoms. The van der Waals surface area contributed by atoms with Gasteiger partial charge < -0.3 is 13.6 Å². The lowest BCUT2D eigenvalue weighted by Crippen LogP contribution is -2.42. The van der Waals surface area contributed by atoms with Crippen molar-refractivity contribution in [2.24, 2.45) is 0 Å². The van der Waals surface area contributed by atoms with Gasteiger partial charge in [-0.2, -0.15) is 0 Å². The lowest BCUT2D eigenvalue weighted by molar-refractivity contribution is 0.137. The van der Waals surface area contributed by atoms with E-state index in [-0.39, 0.29) is 0 Å². The van der Waals surface area contributed by atoms with E-state index < -0.39 is 8.56 Å². The van der Waals surface area contributed by atoms with E-state index in [1.807, 2.05) is 13.5 Å². The summed E-state index contributed by atoms with van der Waals surface area (Å²) in [5.41, 5.74) is 0. The van der Waals surface area contributed by atoms with Gasteiger partial charge in [0.05, 0.1) is 6.23 Å². The first kappa shape index (κ1) is 10.1. The average Bonchev–Trinajstić information content (AvgIpc) is 2.00. The third-order valence-electron chi connectivity index (χ3n) is 1.43. The molecule has 0 unspecified atom stereocenters. The van der Waals surface area contributed by atoms with Gasteiger partial charge in [0, 0.05) is 20.8 Å². The van der Waals surface area contributed by atoms with Gasteiger partial charge in [-0.3, -0.25) is 0 Å². The van der Waals surface area contributed by atoms with Crippen LogP contribution in [0.25, 0.3) is 0 Å². The van der Waals surface area contributed by atoms with Gasteiger partial charge in [-0.05, 0) is 13.5 Å². The molecule has 0 rings (SSSR count). The Hall–Kier alpha value is 0.0969. The van der Waals surface area contributed by atoms with Gasteiger partial charge in [-0.1, -0.05) is 0 Å². The summed E-state index contributed by atoms with van der Waals surface area (Å²) in [5.74, 6) is 0. The molecule has 0 heterocycles. The molecular formula is C6H16O3Si. The van der Waals surface area contributed by atoms with E-state index in [1.165, 1.54) is 0 Å². The quantitative estimate of drug-likeness (QED) is 0.566. The van der Waals surface area contributed by atoms with E-state index >= 15 is 0 Å². The first-order chi connectivity index (χ1) is 4.68. The van der Waals surface area contributed by atoms with Crippen molar-refractivity contribution < 1.29 is 13.6 Å². The van der Waals surface area contributed by atoms with E-state index in [4.69, 9.17) is 13.6 Å². The van der Waals surface area contributed by atoms with E-state index in [1.54, 1.807) is 14.2 Å². The molecule has 0 spiro atoms. The van der Waals surface area contributed by atoms with Gasteiger partial charge in [0.2, 0.25) is 0 Å². The highest BCUT2D eigenvalue weighted by atomic mass is 28.4. The van der Waals surface area contributed by atoms with Crippen LogP contribution in [-0.4, -0.2) is 35.6 Å². The number of rotatable bonds is 5. The van der Waals surface area contributed by atoms with Crippen LogP contribution in [0.15, 0.2) is 0 Å². The first-order valence-electron chi connectivity index (χ1n) is 3.36. The second kappa shape index (κ2) is 4.84. The molecule has 10 heavy (non-hydrogen) atoms. The summed E-state index contributed by atoms with van der Waals surface area (Å²) in [5, 5.41) is 0. The highest BCUT2D eigenvalue weighted by Gasteiger charge is 2.28. The van der Waals surface area contributed by atoms with Crippen molar-refractivity contribution in [2.45, 2.75) is 13.5 Å². The molecule has 0 amide bonds. The number of ether oxygens (including phenoxy) is 1. The van der Waals surface area contributed by atoms with Crippen LogP contribution in [0.2, 0.25) is 6.55 Å². The van der Waals surface area contributed by atoms with Crippen LogP contribution in [0.4, 0.5) is 0 Å². The zero-order chi connectivity index (χ0) is 8.04. The van der Waals surface area contributed by atoms with Crippen molar-refractivity contribution >= 4 is 8.56 Å². The van der Waals surface area contributed by atoms with Gasteiger partial charge in [0.1, 0.15) is 0 Å². The van der Waals surface area contributed by atoms with Crippen LogP contribution in [0.1, 0.15) is 6.92 Å². The van der Waals surface area contributed by atoms with Crippen LogP contribution < -0.4 is 0 Å². The Morgan fingerprint density at radius 2 is 1.70 bits per heavy atom. The average molecular weight is 164 g/mol. The smallest absolute Gasteiger partial charge is 0.361 e. The second-order valence-corrected chi connectivity index (χ2v) is 5.55. The normalized spacial score (nSPS) is 12.0. The van der Waals surface area contributed by atoms with E-state index in [2.05, 4.69) is 0 Å². The minimum atomic E-state index is -1.94. The summed E-state index contributed by atoms with van der Waals surface area (Å²) in [6.45, 7) is 4.65. The summed E-state index contributed by atoms with van der Waals surface area (Å²) in [7, 11) is 1.38. The summed E-state index contributed by atoms with van der Waals surface area (Å²) in [6, 6.07) is 0. The Morgan fingerprint density at radius 1 is 1.20 bits per heavy atom. The minimum absolute atomic E-state index is 0.608. The fraction of sp³-hybridized carbons (Fsp3) is 1.00. The summed E-state index contributed by atoms with van der Waals surface area (Å²) in [6.07, 6.45) is 0.608. The summed E-state index contributed by atoms with van der Waals surface area (Å²) >= 11 is 0. The van der Waals surface area contributed by atoms with Gasteiger partial charge in [-0.25, -0.2) is 0 Å². The Bertz CT molecular complexity index is 83.1. The third kappa shape index (κ3) is 3.31. The van der Waals surface area contributed by atoms with Crippen molar-refractivity contribution in [3.05, 3.63) is 0 Å². The van der Waals surface area contributed by atoms with Crippen molar-refractivity contribution in [1.82, 2.24) is 0 Å². The Kier molecular flexibility index (Phi) is 4.89. The lowest BCUT2D eigenvalue weighted by atomic mass is 10.9. The molecule has 0 N–H and O–H groups in total. The van der Waals surface area contributed by atoms with E-state index in [9.17, 15) is 0 Å². The van der Waals surface area contributed by atoms with Crippen molar-refractivity contribution in [1.29, 1.82) is 0 Å². The first-order valence-corrected chi connectivity index (χ1v) is 5.89. The van der Waals surface area contributed by atoms with Crippen LogP contribution in [-0.2, 0) is 13.6 Å². The largest absolute Gasteiger partial charge is 0.396 e. The van der Waals surface area contributed by atoms with Crippen molar-refractivity contribution in [3.8, 4) is 0 Å². The van der Waals surface area contributed by atoms with Crippen LogP contribution >= 0.6 is 0 Å². The summed E-state index contributed by atoms with van der Waals surface area (Å²) < 4.78 is 15.6. The maximum absolute atomic E-state index is 5.19. The lowest BCUT2D eigenvalue weighted by Gasteiger charge is -2.21. The fourth-order valence-corrected chi connectivity index (χ4v) is 1.47. The maximum Gasteiger partial charge on any atom is 0.361 e. The monoisotopic (exact) mass is 164 g/mol. The van der Waals surface area contributed by atoms with Gasteiger partial charge >= 0.3 is 8.56 Å². The molecular weight excluding hydrogens is 148 g/mol. The second-order valence-electron chi connectivity index (χ2n) is 2.18. The molecule has 0 saturated carbocycles. The molecule has 0 saturated heterocycles. The molecule has 0 fully saturated rings. The van der Waals surface area contributed by atoms with E-state index in [0.717, 1.165) is 6.61 Å². The predicted molar refractivity (Wildman–Crippen MR) is 42.1 cm³/mol. The topological polar surface area (TPSA) is 27.7 Å².